The number of phenols is 2. The van der Waals surface area contributed by atoms with Crippen molar-refractivity contribution in [3.05, 3.63) is 52.1 Å². The van der Waals surface area contributed by atoms with Gasteiger partial charge in [0, 0.05) is 35.5 Å². The molecule has 6 heteroatoms. The normalized spacial score (nSPS) is 31.9. The SMILES string of the molecule is CC(C)=CCc1c(O)cc2c(c1O)C(=O)C1=CC3C[C@H]4C(C)(C)OC(CC=C(C)C)(C3=O)C14O2. The van der Waals surface area contributed by atoms with Crippen molar-refractivity contribution >= 4 is 11.6 Å². The molecule has 2 heterocycles. The number of carbonyl (C=O) groups is 2. The first-order valence-corrected chi connectivity index (χ1v) is 11.9. The standard InChI is InChI=1S/C28H32O6/c1-14(2)7-8-17-19(29)13-20-22(23(17)30)24(31)18-11-16-12-21-26(5,6)34-27(25(16)32,10-9-15(3)4)28(18,21)33-20/h7,9,11,13,16,21,29-30H,8,10,12H2,1-6H3/t16?,21-,27?,28?/m0/s1. The van der Waals surface area contributed by atoms with Crippen molar-refractivity contribution in [1.82, 2.24) is 0 Å². The van der Waals surface area contributed by atoms with Crippen molar-refractivity contribution < 1.29 is 29.3 Å². The smallest absolute Gasteiger partial charge is 0.200 e. The van der Waals surface area contributed by atoms with Crippen molar-refractivity contribution in [3.63, 3.8) is 0 Å². The fraction of sp³-hybridized carbons (Fsp3) is 0.500. The van der Waals surface area contributed by atoms with Crippen LogP contribution in [0.4, 0.5) is 0 Å². The van der Waals surface area contributed by atoms with Crippen molar-refractivity contribution in [2.75, 3.05) is 0 Å². The summed E-state index contributed by atoms with van der Waals surface area (Å²) in [6.45, 7) is 11.7. The van der Waals surface area contributed by atoms with Crippen LogP contribution in [0.3, 0.4) is 0 Å². The molecule has 0 radical (unpaired) electrons. The molecule has 6 rings (SSSR count). The summed E-state index contributed by atoms with van der Waals surface area (Å²) in [5.74, 6) is -1.42. The van der Waals surface area contributed by atoms with E-state index in [0.29, 0.717) is 18.4 Å². The van der Waals surface area contributed by atoms with E-state index in [-0.39, 0.29) is 52.3 Å². The van der Waals surface area contributed by atoms with Crippen LogP contribution in [0.15, 0.2) is 41.0 Å². The Bertz CT molecular complexity index is 1220. The van der Waals surface area contributed by atoms with E-state index in [4.69, 9.17) is 9.47 Å². The lowest BCUT2D eigenvalue weighted by Gasteiger charge is -2.56. The van der Waals surface area contributed by atoms with Gasteiger partial charge in [-0.1, -0.05) is 29.4 Å². The third kappa shape index (κ3) is 2.72. The molecule has 1 saturated heterocycles. The molecule has 180 valence electrons. The highest BCUT2D eigenvalue weighted by atomic mass is 16.6. The summed E-state index contributed by atoms with van der Waals surface area (Å²) in [6.07, 6.45) is 6.69. The summed E-state index contributed by atoms with van der Waals surface area (Å²) < 4.78 is 13.2. The molecular weight excluding hydrogens is 432 g/mol. The first-order valence-electron chi connectivity index (χ1n) is 11.9. The molecule has 6 nitrogen and oxygen atoms in total. The summed E-state index contributed by atoms with van der Waals surface area (Å²) in [5, 5.41) is 21.8. The quantitative estimate of drug-likeness (QED) is 0.611. The molecule has 1 aromatic rings. The molecule has 34 heavy (non-hydrogen) atoms. The Hall–Kier alpha value is -2.86. The fourth-order valence-corrected chi connectivity index (χ4v) is 6.47. The zero-order valence-corrected chi connectivity index (χ0v) is 20.6. The fourth-order valence-electron chi connectivity index (χ4n) is 6.47. The summed E-state index contributed by atoms with van der Waals surface area (Å²) in [7, 11) is 0. The van der Waals surface area contributed by atoms with Crippen LogP contribution in [0.5, 0.6) is 17.2 Å². The van der Waals surface area contributed by atoms with Gasteiger partial charge in [-0.2, -0.15) is 0 Å². The number of allylic oxidation sites excluding steroid dienone is 4. The van der Waals surface area contributed by atoms with E-state index in [1.807, 2.05) is 53.7 Å². The maximum atomic E-state index is 14.0. The minimum absolute atomic E-state index is 0.0430. The third-order valence-corrected chi connectivity index (χ3v) is 7.96. The van der Waals surface area contributed by atoms with Gasteiger partial charge in [0.1, 0.15) is 22.8 Å². The predicted octanol–water partition coefficient (Wildman–Crippen LogP) is 4.97. The summed E-state index contributed by atoms with van der Waals surface area (Å²) >= 11 is 0. The topological polar surface area (TPSA) is 93.1 Å². The number of ketones is 2. The van der Waals surface area contributed by atoms with Gasteiger partial charge >= 0.3 is 0 Å². The van der Waals surface area contributed by atoms with Crippen molar-refractivity contribution in [2.24, 2.45) is 11.8 Å². The third-order valence-electron chi connectivity index (χ3n) is 7.96. The summed E-state index contributed by atoms with van der Waals surface area (Å²) in [5.41, 5.74) is -0.569. The summed E-state index contributed by atoms with van der Waals surface area (Å²) in [4.78, 5) is 27.8. The van der Waals surface area contributed by atoms with Gasteiger partial charge in [-0.3, -0.25) is 9.59 Å². The molecule has 2 aliphatic heterocycles. The van der Waals surface area contributed by atoms with Crippen LogP contribution in [0, 0.1) is 11.8 Å². The maximum Gasteiger partial charge on any atom is 0.200 e. The Labute approximate surface area is 200 Å². The number of Topliss-reactive ketones (excluding diaryl/α,β-unsaturated/α-hetero) is 2. The molecule has 4 atom stereocenters. The van der Waals surface area contributed by atoms with E-state index in [9.17, 15) is 19.8 Å². The van der Waals surface area contributed by atoms with E-state index >= 15 is 0 Å². The Morgan fingerprint density at radius 3 is 2.44 bits per heavy atom. The van der Waals surface area contributed by atoms with Crippen LogP contribution in [-0.4, -0.2) is 38.6 Å². The lowest BCUT2D eigenvalue weighted by molar-refractivity contribution is -0.171. The van der Waals surface area contributed by atoms with Gasteiger partial charge in [0.05, 0.1) is 5.60 Å². The molecule has 3 aliphatic carbocycles. The van der Waals surface area contributed by atoms with Crippen molar-refractivity contribution in [3.8, 4) is 17.2 Å². The Balaban J connectivity index is 1.75. The van der Waals surface area contributed by atoms with Crippen LogP contribution in [-0.2, 0) is 16.0 Å². The first kappa shape index (κ1) is 22.9. The zero-order chi connectivity index (χ0) is 24.8. The predicted molar refractivity (Wildman–Crippen MR) is 127 cm³/mol. The van der Waals surface area contributed by atoms with E-state index in [2.05, 4.69) is 0 Å². The number of carbonyl (C=O) groups excluding carboxylic acids is 2. The zero-order valence-electron chi connectivity index (χ0n) is 20.6. The lowest BCUT2D eigenvalue weighted by atomic mass is 9.51. The number of fused-ring (bicyclic) bond motifs is 1. The molecule has 1 aromatic carbocycles. The van der Waals surface area contributed by atoms with Crippen LogP contribution in [0.25, 0.3) is 0 Å². The van der Waals surface area contributed by atoms with Gasteiger partial charge in [0.25, 0.3) is 0 Å². The van der Waals surface area contributed by atoms with Gasteiger partial charge in [-0.25, -0.2) is 0 Å². The molecule has 1 saturated carbocycles. The van der Waals surface area contributed by atoms with E-state index in [1.54, 1.807) is 6.08 Å². The number of ether oxygens (including phenoxy) is 2. The van der Waals surface area contributed by atoms with Crippen molar-refractivity contribution in [1.29, 1.82) is 0 Å². The van der Waals surface area contributed by atoms with E-state index in [1.165, 1.54) is 6.07 Å². The molecule has 1 spiro atoms. The van der Waals surface area contributed by atoms with Gasteiger partial charge in [-0.15, -0.1) is 0 Å². The largest absolute Gasteiger partial charge is 0.507 e. The van der Waals surface area contributed by atoms with Crippen LogP contribution >= 0.6 is 0 Å². The lowest BCUT2D eigenvalue weighted by Crippen LogP contribution is -2.72. The second-order valence-corrected chi connectivity index (χ2v) is 11.1. The maximum absolute atomic E-state index is 14.0. The minimum atomic E-state index is -1.34. The first-order chi connectivity index (χ1) is 15.9. The number of hydrogen-bond donors (Lipinski definition) is 2. The number of phenolic OH excluding ortho intramolecular Hbond substituents is 2. The van der Waals surface area contributed by atoms with E-state index in [0.717, 1.165) is 11.1 Å². The van der Waals surface area contributed by atoms with E-state index < -0.39 is 22.7 Å². The van der Waals surface area contributed by atoms with Gasteiger partial charge in [-0.05, 0) is 54.4 Å². The molecule has 0 aromatic heterocycles. The van der Waals surface area contributed by atoms with Crippen LogP contribution in [0.1, 0.15) is 70.3 Å². The highest BCUT2D eigenvalue weighted by molar-refractivity contribution is 6.18. The summed E-state index contributed by atoms with van der Waals surface area (Å²) in [6, 6.07) is 1.40. The number of rotatable bonds is 4. The van der Waals surface area contributed by atoms with Gasteiger partial charge in [0.2, 0.25) is 0 Å². The van der Waals surface area contributed by atoms with Crippen LogP contribution < -0.4 is 4.74 Å². The number of hydrogen-bond acceptors (Lipinski definition) is 6. The average Bonchev–Trinajstić information content (AvgIpc) is 2.89. The minimum Gasteiger partial charge on any atom is -0.507 e. The average molecular weight is 465 g/mol. The Morgan fingerprint density at radius 1 is 1.12 bits per heavy atom. The Morgan fingerprint density at radius 2 is 1.79 bits per heavy atom. The highest BCUT2D eigenvalue weighted by Gasteiger charge is 2.81. The monoisotopic (exact) mass is 464 g/mol. The van der Waals surface area contributed by atoms with Crippen LogP contribution in [0.2, 0.25) is 0 Å². The van der Waals surface area contributed by atoms with Crippen molar-refractivity contribution in [2.45, 2.75) is 77.6 Å². The molecule has 4 bridgehead atoms. The second kappa shape index (κ2) is 7.08. The second-order valence-electron chi connectivity index (χ2n) is 11.1. The molecule has 5 aliphatic rings. The van der Waals surface area contributed by atoms with Gasteiger partial charge < -0.3 is 19.7 Å². The molecule has 2 N–H and O–H groups in total. The molecular formula is C28H32O6. The van der Waals surface area contributed by atoms with Gasteiger partial charge in [0.15, 0.2) is 22.8 Å². The number of aromatic hydroxyl groups is 2. The number of benzene rings is 1. The molecule has 3 unspecified atom stereocenters. The Kier molecular flexibility index (Phi) is 4.77. The molecule has 0 amide bonds. The molecule has 2 fully saturated rings. The highest BCUT2D eigenvalue weighted by Crippen LogP contribution is 2.68.